The quantitative estimate of drug-likeness (QED) is 0.636. The van der Waals surface area contributed by atoms with Crippen molar-refractivity contribution in [2.24, 2.45) is 0 Å². The van der Waals surface area contributed by atoms with Gasteiger partial charge in [-0.2, -0.15) is 0 Å². The van der Waals surface area contributed by atoms with Crippen LogP contribution in [0, 0.1) is 0 Å². The monoisotopic (exact) mass is 192 g/mol. The third-order valence-corrected chi connectivity index (χ3v) is 2.84. The standard InChI is InChI=1S/C10H9ClN2/c11-10-8-4-6-13(7-1-2-7)9(8)3-5-12-10/h3-7H,1-2H2. The molecule has 2 nitrogen and oxygen atoms in total. The van der Waals surface area contributed by atoms with E-state index in [1.165, 1.54) is 18.4 Å². The molecule has 0 radical (unpaired) electrons. The lowest BCUT2D eigenvalue weighted by Gasteiger charge is -2.01. The summed E-state index contributed by atoms with van der Waals surface area (Å²) in [4.78, 5) is 4.05. The molecule has 2 aromatic rings. The minimum atomic E-state index is 0.608. The topological polar surface area (TPSA) is 17.8 Å². The molecule has 1 saturated carbocycles. The van der Waals surface area contributed by atoms with Gasteiger partial charge in [0.2, 0.25) is 0 Å². The third kappa shape index (κ3) is 1.05. The summed E-state index contributed by atoms with van der Waals surface area (Å²) < 4.78 is 2.29. The van der Waals surface area contributed by atoms with Crippen LogP contribution in [-0.2, 0) is 0 Å². The number of nitrogens with zero attached hydrogens (tertiary/aromatic N) is 2. The molecule has 1 aliphatic rings. The molecule has 0 amide bonds. The minimum Gasteiger partial charge on any atom is -0.344 e. The van der Waals surface area contributed by atoms with E-state index in [0.717, 1.165) is 5.39 Å². The van der Waals surface area contributed by atoms with Gasteiger partial charge in [0, 0.05) is 23.8 Å². The van der Waals surface area contributed by atoms with Crippen LogP contribution in [0.5, 0.6) is 0 Å². The molecule has 2 heterocycles. The molecule has 13 heavy (non-hydrogen) atoms. The Morgan fingerprint density at radius 2 is 2.23 bits per heavy atom. The molecule has 0 bridgehead atoms. The largest absolute Gasteiger partial charge is 0.344 e. The summed E-state index contributed by atoms with van der Waals surface area (Å²) in [5.74, 6) is 0. The third-order valence-electron chi connectivity index (χ3n) is 2.54. The first-order chi connectivity index (χ1) is 6.36. The highest BCUT2D eigenvalue weighted by atomic mass is 35.5. The Labute approximate surface area is 81.1 Å². The first-order valence-electron chi connectivity index (χ1n) is 4.47. The smallest absolute Gasteiger partial charge is 0.138 e. The van der Waals surface area contributed by atoms with Crippen LogP contribution in [0.4, 0.5) is 0 Å². The van der Waals surface area contributed by atoms with Crippen molar-refractivity contribution in [1.82, 2.24) is 9.55 Å². The maximum absolute atomic E-state index is 5.97. The molecule has 66 valence electrons. The fourth-order valence-electron chi connectivity index (χ4n) is 1.72. The molecule has 3 heteroatoms. The zero-order valence-electron chi connectivity index (χ0n) is 7.07. The van der Waals surface area contributed by atoms with Crippen LogP contribution in [0.1, 0.15) is 18.9 Å². The highest BCUT2D eigenvalue weighted by molar-refractivity contribution is 6.34. The first kappa shape index (κ1) is 7.39. The Morgan fingerprint density at radius 1 is 1.38 bits per heavy atom. The number of aromatic nitrogens is 2. The highest BCUT2D eigenvalue weighted by Gasteiger charge is 2.24. The number of pyridine rings is 1. The summed E-state index contributed by atoms with van der Waals surface area (Å²) in [7, 11) is 0. The SMILES string of the molecule is Clc1nccc2c1ccn2C1CC1. The molecule has 1 fully saturated rings. The number of halogens is 1. The van der Waals surface area contributed by atoms with Crippen molar-refractivity contribution >= 4 is 22.5 Å². The fourth-order valence-corrected chi connectivity index (χ4v) is 1.94. The maximum Gasteiger partial charge on any atom is 0.138 e. The second kappa shape index (κ2) is 2.48. The molecular weight excluding hydrogens is 184 g/mol. The van der Waals surface area contributed by atoms with Crippen LogP contribution in [-0.4, -0.2) is 9.55 Å². The molecule has 0 aromatic carbocycles. The van der Waals surface area contributed by atoms with E-state index in [2.05, 4.69) is 15.7 Å². The van der Waals surface area contributed by atoms with Gasteiger partial charge >= 0.3 is 0 Å². The molecule has 3 rings (SSSR count). The van der Waals surface area contributed by atoms with Crippen LogP contribution in [0.2, 0.25) is 5.15 Å². The average molecular weight is 193 g/mol. The van der Waals surface area contributed by atoms with E-state index >= 15 is 0 Å². The lowest BCUT2D eigenvalue weighted by atomic mass is 10.3. The molecule has 0 N–H and O–H groups in total. The molecule has 0 unspecified atom stereocenters. The van der Waals surface area contributed by atoms with Gasteiger partial charge in [-0.1, -0.05) is 11.6 Å². The van der Waals surface area contributed by atoms with Gasteiger partial charge in [-0.25, -0.2) is 4.98 Å². The van der Waals surface area contributed by atoms with Crippen LogP contribution in [0.3, 0.4) is 0 Å². The molecular formula is C10H9ClN2. The summed E-state index contributed by atoms with van der Waals surface area (Å²) in [5, 5.41) is 1.67. The minimum absolute atomic E-state index is 0.608. The second-order valence-corrected chi connectivity index (χ2v) is 3.85. The van der Waals surface area contributed by atoms with Gasteiger partial charge in [-0.3, -0.25) is 0 Å². The van der Waals surface area contributed by atoms with Crippen molar-refractivity contribution in [2.45, 2.75) is 18.9 Å². The van der Waals surface area contributed by atoms with Crippen molar-refractivity contribution in [1.29, 1.82) is 0 Å². The summed E-state index contributed by atoms with van der Waals surface area (Å²) in [6, 6.07) is 4.78. The molecule has 0 atom stereocenters. The second-order valence-electron chi connectivity index (χ2n) is 3.49. The Kier molecular flexibility index (Phi) is 1.41. The van der Waals surface area contributed by atoms with E-state index in [0.29, 0.717) is 11.2 Å². The summed E-state index contributed by atoms with van der Waals surface area (Å²) in [5.41, 5.74) is 1.21. The number of hydrogen-bond donors (Lipinski definition) is 0. The van der Waals surface area contributed by atoms with E-state index in [-0.39, 0.29) is 0 Å². The predicted molar refractivity (Wildman–Crippen MR) is 53.0 cm³/mol. The lowest BCUT2D eigenvalue weighted by Crippen LogP contribution is -1.90. The van der Waals surface area contributed by atoms with Gasteiger partial charge in [0.25, 0.3) is 0 Å². The zero-order valence-corrected chi connectivity index (χ0v) is 7.83. The molecule has 1 aliphatic carbocycles. The Balaban J connectivity index is 2.32. The summed E-state index contributed by atoms with van der Waals surface area (Å²) in [6.07, 6.45) is 6.47. The van der Waals surface area contributed by atoms with Crippen molar-refractivity contribution < 1.29 is 0 Å². The summed E-state index contributed by atoms with van der Waals surface area (Å²) >= 11 is 5.97. The van der Waals surface area contributed by atoms with E-state index in [4.69, 9.17) is 11.6 Å². The van der Waals surface area contributed by atoms with E-state index in [1.54, 1.807) is 6.20 Å². The van der Waals surface area contributed by atoms with Gasteiger partial charge < -0.3 is 4.57 Å². The molecule has 2 aromatic heterocycles. The van der Waals surface area contributed by atoms with Crippen molar-refractivity contribution in [3.8, 4) is 0 Å². The van der Waals surface area contributed by atoms with Crippen LogP contribution in [0.15, 0.2) is 24.5 Å². The van der Waals surface area contributed by atoms with Crippen molar-refractivity contribution in [3.05, 3.63) is 29.7 Å². The molecule has 0 saturated heterocycles. The van der Waals surface area contributed by atoms with E-state index in [1.807, 2.05) is 12.1 Å². The Morgan fingerprint density at radius 3 is 3.00 bits per heavy atom. The van der Waals surface area contributed by atoms with Crippen molar-refractivity contribution in [3.63, 3.8) is 0 Å². The average Bonchev–Trinajstić information content (AvgIpc) is 2.87. The number of hydrogen-bond acceptors (Lipinski definition) is 1. The van der Waals surface area contributed by atoms with Gasteiger partial charge in [0.1, 0.15) is 5.15 Å². The van der Waals surface area contributed by atoms with Gasteiger partial charge in [0.15, 0.2) is 0 Å². The molecule has 0 spiro atoms. The zero-order chi connectivity index (χ0) is 8.84. The maximum atomic E-state index is 5.97. The van der Waals surface area contributed by atoms with Gasteiger partial charge in [0.05, 0.1) is 5.52 Å². The van der Waals surface area contributed by atoms with Crippen LogP contribution in [0.25, 0.3) is 10.9 Å². The molecule has 0 aliphatic heterocycles. The van der Waals surface area contributed by atoms with Gasteiger partial charge in [-0.15, -0.1) is 0 Å². The van der Waals surface area contributed by atoms with Crippen LogP contribution < -0.4 is 0 Å². The summed E-state index contributed by atoms with van der Waals surface area (Å²) in [6.45, 7) is 0. The normalized spacial score (nSPS) is 16.7. The highest BCUT2D eigenvalue weighted by Crippen LogP contribution is 2.38. The Bertz CT molecular complexity index is 457. The fraction of sp³-hybridized carbons (Fsp3) is 0.300. The first-order valence-corrected chi connectivity index (χ1v) is 4.85. The Hall–Kier alpha value is -1.02. The predicted octanol–water partition coefficient (Wildman–Crippen LogP) is 3.02. The lowest BCUT2D eigenvalue weighted by molar-refractivity contribution is 0.776. The number of fused-ring (bicyclic) bond motifs is 1. The van der Waals surface area contributed by atoms with Gasteiger partial charge in [-0.05, 0) is 25.0 Å². The number of rotatable bonds is 1. The van der Waals surface area contributed by atoms with Crippen molar-refractivity contribution in [2.75, 3.05) is 0 Å². The van der Waals surface area contributed by atoms with Crippen LogP contribution >= 0.6 is 11.6 Å². The van der Waals surface area contributed by atoms with E-state index in [9.17, 15) is 0 Å². The van der Waals surface area contributed by atoms with E-state index < -0.39 is 0 Å².